The van der Waals surface area contributed by atoms with Crippen molar-refractivity contribution in [1.82, 2.24) is 4.98 Å². The van der Waals surface area contributed by atoms with Crippen molar-refractivity contribution in [1.29, 1.82) is 0 Å². The van der Waals surface area contributed by atoms with Crippen LogP contribution in [-0.4, -0.2) is 27.6 Å². The number of rotatable bonds is 1. The zero-order valence-electron chi connectivity index (χ0n) is 5.53. The van der Waals surface area contributed by atoms with Gasteiger partial charge in [0.1, 0.15) is 0 Å². The smallest absolute Gasteiger partial charge is 0.423 e. The van der Waals surface area contributed by atoms with Gasteiger partial charge in [-0.15, -0.1) is 0 Å². The molecular weight excluding hydrogens is 168 g/mol. The van der Waals surface area contributed by atoms with Gasteiger partial charge in [0.25, 0.3) is 0 Å². The lowest BCUT2D eigenvalue weighted by Crippen LogP contribution is -2.30. The largest absolute Gasteiger partial charge is 0.490 e. The second-order valence-electron chi connectivity index (χ2n) is 1.77. The van der Waals surface area contributed by atoms with E-state index in [0.717, 1.165) is 0 Å². The van der Waals surface area contributed by atoms with Gasteiger partial charge in [0.05, 0.1) is 5.02 Å². The summed E-state index contributed by atoms with van der Waals surface area (Å²) in [4.78, 5) is 3.67. The van der Waals surface area contributed by atoms with Gasteiger partial charge in [-0.2, -0.15) is 0 Å². The minimum absolute atomic E-state index is 0. The quantitative estimate of drug-likeness (QED) is 0.514. The molecule has 0 aliphatic carbocycles. The summed E-state index contributed by atoms with van der Waals surface area (Å²) in [7, 11) is -1.52. The highest BCUT2D eigenvalue weighted by Gasteiger charge is 2.13. The minimum atomic E-state index is -1.52. The standard InChI is InChI=1S/C5H5BClNO2.H2O/c7-5-3-8-2-1-4(5)6(9)10;/h1-3,9-10H;1H2. The summed E-state index contributed by atoms with van der Waals surface area (Å²) in [6.07, 6.45) is 2.80. The zero-order chi connectivity index (χ0) is 7.56. The van der Waals surface area contributed by atoms with Gasteiger partial charge in [-0.3, -0.25) is 4.98 Å². The summed E-state index contributed by atoms with van der Waals surface area (Å²) in [5.41, 5.74) is 0.275. The molecule has 0 amide bonds. The van der Waals surface area contributed by atoms with Crippen molar-refractivity contribution >= 4 is 24.2 Å². The van der Waals surface area contributed by atoms with Gasteiger partial charge in [-0.1, -0.05) is 11.6 Å². The van der Waals surface area contributed by atoms with Crippen LogP contribution in [0.15, 0.2) is 18.5 Å². The molecule has 60 valence electrons. The maximum atomic E-state index is 8.65. The van der Waals surface area contributed by atoms with Crippen LogP contribution in [0.2, 0.25) is 5.02 Å². The van der Waals surface area contributed by atoms with E-state index in [0.29, 0.717) is 0 Å². The Bertz CT molecular complexity index is 233. The molecule has 0 fully saturated rings. The molecule has 4 nitrogen and oxygen atoms in total. The first-order valence-corrected chi connectivity index (χ1v) is 3.05. The van der Waals surface area contributed by atoms with Gasteiger partial charge >= 0.3 is 7.12 Å². The SMILES string of the molecule is O.OB(O)c1ccncc1Cl. The highest BCUT2D eigenvalue weighted by molar-refractivity contribution is 6.62. The van der Waals surface area contributed by atoms with Crippen LogP contribution in [0.4, 0.5) is 0 Å². The average molecular weight is 175 g/mol. The molecule has 1 aromatic heterocycles. The van der Waals surface area contributed by atoms with Crippen molar-refractivity contribution in [3.8, 4) is 0 Å². The van der Waals surface area contributed by atoms with Crippen LogP contribution in [0.5, 0.6) is 0 Å². The van der Waals surface area contributed by atoms with Crippen LogP contribution < -0.4 is 5.46 Å². The Labute approximate surface area is 68.9 Å². The molecule has 11 heavy (non-hydrogen) atoms. The van der Waals surface area contributed by atoms with E-state index in [2.05, 4.69) is 4.98 Å². The Morgan fingerprint density at radius 3 is 2.45 bits per heavy atom. The van der Waals surface area contributed by atoms with E-state index in [4.69, 9.17) is 21.6 Å². The first kappa shape index (κ1) is 10.4. The molecule has 0 saturated carbocycles. The lowest BCUT2D eigenvalue weighted by Gasteiger charge is -1.98. The van der Waals surface area contributed by atoms with E-state index in [9.17, 15) is 0 Å². The lowest BCUT2D eigenvalue weighted by atomic mass is 9.81. The van der Waals surface area contributed by atoms with Crippen LogP contribution in [-0.2, 0) is 0 Å². The molecule has 0 saturated heterocycles. The first-order valence-electron chi connectivity index (χ1n) is 2.67. The fourth-order valence-electron chi connectivity index (χ4n) is 0.595. The summed E-state index contributed by atoms with van der Waals surface area (Å²) in [5.74, 6) is 0. The molecule has 1 rings (SSSR count). The van der Waals surface area contributed by atoms with Crippen LogP contribution in [0.1, 0.15) is 0 Å². The molecule has 0 aliphatic rings. The number of aromatic nitrogens is 1. The molecule has 0 radical (unpaired) electrons. The number of nitrogens with zero attached hydrogens (tertiary/aromatic N) is 1. The van der Waals surface area contributed by atoms with E-state index < -0.39 is 7.12 Å². The normalized spacial score (nSPS) is 8.64. The Hall–Kier alpha value is -0.615. The van der Waals surface area contributed by atoms with Crippen molar-refractivity contribution in [3.05, 3.63) is 23.5 Å². The Morgan fingerprint density at radius 2 is 2.09 bits per heavy atom. The van der Waals surface area contributed by atoms with E-state index in [1.807, 2.05) is 0 Å². The highest BCUT2D eigenvalue weighted by Crippen LogP contribution is 2.00. The third-order valence-corrected chi connectivity index (χ3v) is 1.40. The van der Waals surface area contributed by atoms with Crippen molar-refractivity contribution in [2.24, 2.45) is 0 Å². The molecule has 0 spiro atoms. The summed E-state index contributed by atoms with van der Waals surface area (Å²) >= 11 is 5.54. The third kappa shape index (κ3) is 2.47. The van der Waals surface area contributed by atoms with Crippen molar-refractivity contribution < 1.29 is 15.5 Å². The molecule has 0 unspecified atom stereocenters. The number of pyridine rings is 1. The highest BCUT2D eigenvalue weighted by atomic mass is 35.5. The molecular formula is C5H7BClNO3. The van der Waals surface area contributed by atoms with Crippen LogP contribution >= 0.6 is 11.6 Å². The van der Waals surface area contributed by atoms with E-state index in [1.54, 1.807) is 0 Å². The topological polar surface area (TPSA) is 84.9 Å². The fourth-order valence-corrected chi connectivity index (χ4v) is 0.812. The van der Waals surface area contributed by atoms with Gasteiger partial charge < -0.3 is 15.5 Å². The molecule has 0 bridgehead atoms. The molecule has 1 heterocycles. The first-order chi connectivity index (χ1) is 4.72. The second kappa shape index (κ2) is 4.30. The molecule has 4 N–H and O–H groups in total. The van der Waals surface area contributed by atoms with E-state index in [1.165, 1.54) is 18.5 Å². The van der Waals surface area contributed by atoms with Crippen LogP contribution in [0.3, 0.4) is 0 Å². The molecule has 1 aromatic rings. The summed E-state index contributed by atoms with van der Waals surface area (Å²) in [6.45, 7) is 0. The molecule has 6 heteroatoms. The third-order valence-electron chi connectivity index (χ3n) is 1.08. The maximum absolute atomic E-state index is 8.65. The monoisotopic (exact) mass is 175 g/mol. The van der Waals surface area contributed by atoms with Crippen LogP contribution in [0.25, 0.3) is 0 Å². The molecule has 0 aromatic carbocycles. The second-order valence-corrected chi connectivity index (χ2v) is 2.18. The lowest BCUT2D eigenvalue weighted by molar-refractivity contribution is 0.426. The van der Waals surface area contributed by atoms with Gasteiger partial charge in [0.15, 0.2) is 0 Å². The average Bonchev–Trinajstić information content (AvgIpc) is 1.88. The predicted octanol–water partition coefficient (Wildman–Crippen LogP) is -1.41. The van der Waals surface area contributed by atoms with Crippen LogP contribution in [0, 0.1) is 0 Å². The zero-order valence-corrected chi connectivity index (χ0v) is 6.28. The van der Waals surface area contributed by atoms with E-state index >= 15 is 0 Å². The van der Waals surface area contributed by atoms with E-state index in [-0.39, 0.29) is 16.0 Å². The Kier molecular flexibility index (Phi) is 4.06. The number of hydrogen-bond acceptors (Lipinski definition) is 3. The van der Waals surface area contributed by atoms with Crippen molar-refractivity contribution in [3.63, 3.8) is 0 Å². The fraction of sp³-hybridized carbons (Fsp3) is 0. The van der Waals surface area contributed by atoms with Crippen molar-refractivity contribution in [2.45, 2.75) is 0 Å². The Morgan fingerprint density at radius 1 is 1.45 bits per heavy atom. The van der Waals surface area contributed by atoms with Gasteiger partial charge in [-0.05, 0) is 6.07 Å². The summed E-state index contributed by atoms with van der Waals surface area (Å²) in [5, 5.41) is 17.6. The summed E-state index contributed by atoms with van der Waals surface area (Å²) in [6, 6.07) is 1.45. The Balaban J connectivity index is 0.000001000. The van der Waals surface area contributed by atoms with Gasteiger partial charge in [-0.25, -0.2) is 0 Å². The molecule has 0 atom stereocenters. The summed E-state index contributed by atoms with van der Waals surface area (Å²) < 4.78 is 0. The van der Waals surface area contributed by atoms with Crippen molar-refractivity contribution in [2.75, 3.05) is 0 Å². The van der Waals surface area contributed by atoms with Gasteiger partial charge in [0, 0.05) is 17.9 Å². The minimum Gasteiger partial charge on any atom is -0.423 e. The predicted molar refractivity (Wildman–Crippen MR) is 42.7 cm³/mol. The maximum Gasteiger partial charge on any atom is 0.490 e. The number of hydrogen-bond donors (Lipinski definition) is 2. The van der Waals surface area contributed by atoms with Gasteiger partial charge in [0.2, 0.25) is 0 Å². The molecule has 0 aliphatic heterocycles. The number of halogens is 1.